The van der Waals surface area contributed by atoms with Crippen molar-refractivity contribution in [1.29, 1.82) is 0 Å². The number of ether oxygens (including phenoxy) is 1. The van der Waals surface area contributed by atoms with Crippen molar-refractivity contribution in [2.75, 3.05) is 7.11 Å². The van der Waals surface area contributed by atoms with Gasteiger partial charge >= 0.3 is 0 Å². The quantitative estimate of drug-likeness (QED) is 0.364. The van der Waals surface area contributed by atoms with Gasteiger partial charge in [-0.25, -0.2) is 0 Å². The van der Waals surface area contributed by atoms with E-state index in [0.717, 1.165) is 11.9 Å². The van der Waals surface area contributed by atoms with Crippen LogP contribution in [-0.2, 0) is 6.16 Å². The molecule has 0 aliphatic rings. The van der Waals surface area contributed by atoms with Gasteiger partial charge < -0.3 is 4.74 Å². The molecule has 0 saturated carbocycles. The van der Waals surface area contributed by atoms with Crippen LogP contribution < -0.4 is 20.7 Å². The molecule has 0 aromatic heterocycles. The maximum atomic E-state index is 5.52. The molecule has 2 heteroatoms. The first kappa shape index (κ1) is 20.4. The number of rotatable bonds is 6. The lowest BCUT2D eigenvalue weighted by Crippen LogP contribution is -2.32. The van der Waals surface area contributed by atoms with Crippen molar-refractivity contribution >= 4 is 23.2 Å². The van der Waals surface area contributed by atoms with Gasteiger partial charge in [-0.1, -0.05) is 54.6 Å². The summed E-state index contributed by atoms with van der Waals surface area (Å²) < 4.78 is 5.52. The lowest BCUT2D eigenvalue weighted by Gasteiger charge is -2.29. The molecule has 4 rings (SSSR count). The van der Waals surface area contributed by atoms with Crippen LogP contribution in [0.3, 0.4) is 0 Å². The van der Waals surface area contributed by atoms with Gasteiger partial charge in [0, 0.05) is 0 Å². The van der Waals surface area contributed by atoms with Gasteiger partial charge in [0.2, 0.25) is 0 Å². The zero-order valence-electron chi connectivity index (χ0n) is 17.9. The van der Waals surface area contributed by atoms with E-state index in [9.17, 15) is 0 Å². The van der Waals surface area contributed by atoms with E-state index in [4.69, 9.17) is 4.74 Å². The standard InChI is InChI=1S/C28H28OP/c1-22-19-24(29-3)20-23(2)28(22)21-30(25-13-7-4-8-14-25,26-15-9-5-10-16-26)27-17-11-6-12-18-27/h4-20H,21H2,1-3H3/q+1. The minimum absolute atomic E-state index is 0.928. The van der Waals surface area contributed by atoms with Crippen LogP contribution in [0.15, 0.2) is 103 Å². The Kier molecular flexibility index (Phi) is 6.02. The monoisotopic (exact) mass is 411 g/mol. The van der Waals surface area contributed by atoms with Crippen molar-refractivity contribution in [3.05, 3.63) is 120 Å². The van der Waals surface area contributed by atoms with E-state index in [1.54, 1.807) is 7.11 Å². The highest BCUT2D eigenvalue weighted by Crippen LogP contribution is 2.58. The van der Waals surface area contributed by atoms with Crippen LogP contribution in [0.5, 0.6) is 5.75 Å². The molecule has 0 radical (unpaired) electrons. The Hall–Kier alpha value is -2.89. The zero-order chi connectivity index (χ0) is 21.0. The molecule has 150 valence electrons. The normalized spacial score (nSPS) is 11.3. The maximum absolute atomic E-state index is 5.52. The number of benzene rings is 4. The number of methoxy groups -OCH3 is 1. The van der Waals surface area contributed by atoms with Crippen LogP contribution in [0.1, 0.15) is 16.7 Å². The van der Waals surface area contributed by atoms with E-state index in [1.807, 2.05) is 0 Å². The van der Waals surface area contributed by atoms with Crippen LogP contribution in [0.25, 0.3) is 0 Å². The Morgan fingerprint density at radius 2 is 0.967 bits per heavy atom. The molecular weight excluding hydrogens is 383 g/mol. The number of hydrogen-bond donors (Lipinski definition) is 0. The molecule has 0 fully saturated rings. The maximum Gasteiger partial charge on any atom is 0.119 e. The first-order chi connectivity index (χ1) is 14.6. The summed E-state index contributed by atoms with van der Waals surface area (Å²) in [5, 5.41) is 4.24. The fraction of sp³-hybridized carbons (Fsp3) is 0.143. The fourth-order valence-corrected chi connectivity index (χ4v) is 8.79. The molecule has 0 aliphatic carbocycles. The summed E-state index contributed by atoms with van der Waals surface area (Å²) in [7, 11) is -0.154. The van der Waals surface area contributed by atoms with E-state index in [2.05, 4.69) is 117 Å². The Morgan fingerprint density at radius 3 is 1.30 bits per heavy atom. The molecule has 0 atom stereocenters. The van der Waals surface area contributed by atoms with E-state index < -0.39 is 7.26 Å². The molecular formula is C28H28OP+. The van der Waals surface area contributed by atoms with Crippen molar-refractivity contribution in [3.63, 3.8) is 0 Å². The summed E-state index contributed by atoms with van der Waals surface area (Å²) in [6.07, 6.45) is 0.993. The molecule has 4 aromatic carbocycles. The molecule has 1 nitrogen and oxygen atoms in total. The van der Waals surface area contributed by atoms with Gasteiger partial charge in [-0.2, -0.15) is 0 Å². The van der Waals surface area contributed by atoms with Gasteiger partial charge in [0.05, 0.1) is 13.3 Å². The van der Waals surface area contributed by atoms with Crippen LogP contribution in [0.4, 0.5) is 0 Å². The van der Waals surface area contributed by atoms with E-state index in [1.165, 1.54) is 32.6 Å². The molecule has 0 unspecified atom stereocenters. The van der Waals surface area contributed by atoms with Crippen LogP contribution in [-0.4, -0.2) is 7.11 Å². The summed E-state index contributed by atoms with van der Waals surface area (Å²) in [5.74, 6) is 0.928. The van der Waals surface area contributed by atoms with Crippen LogP contribution in [0, 0.1) is 13.8 Å². The third-order valence-corrected chi connectivity index (χ3v) is 10.2. The molecule has 0 aliphatic heterocycles. The van der Waals surface area contributed by atoms with Gasteiger partial charge in [-0.05, 0) is 79.1 Å². The first-order valence-electron chi connectivity index (χ1n) is 10.3. The van der Waals surface area contributed by atoms with E-state index in [-0.39, 0.29) is 0 Å². The van der Waals surface area contributed by atoms with E-state index >= 15 is 0 Å². The number of aryl methyl sites for hydroxylation is 2. The Labute approximate surface area is 180 Å². The minimum atomic E-state index is -1.89. The lowest BCUT2D eigenvalue weighted by atomic mass is 10.0. The smallest absolute Gasteiger partial charge is 0.119 e. The third-order valence-electron chi connectivity index (χ3n) is 5.89. The second-order valence-corrected chi connectivity index (χ2v) is 11.2. The second-order valence-electron chi connectivity index (χ2n) is 7.71. The van der Waals surface area contributed by atoms with Gasteiger partial charge in [-0.3, -0.25) is 0 Å². The molecule has 0 N–H and O–H groups in total. The van der Waals surface area contributed by atoms with Crippen LogP contribution >= 0.6 is 7.26 Å². The highest BCUT2D eigenvalue weighted by atomic mass is 31.2. The van der Waals surface area contributed by atoms with Crippen molar-refractivity contribution < 1.29 is 4.74 Å². The molecule has 0 amide bonds. The van der Waals surface area contributed by atoms with Crippen molar-refractivity contribution in [3.8, 4) is 5.75 Å². The second kappa shape index (κ2) is 8.86. The molecule has 0 heterocycles. The largest absolute Gasteiger partial charge is 0.497 e. The summed E-state index contributed by atoms with van der Waals surface area (Å²) in [5.41, 5.74) is 4.00. The highest BCUT2D eigenvalue weighted by Gasteiger charge is 2.45. The summed E-state index contributed by atoms with van der Waals surface area (Å²) in [6.45, 7) is 4.42. The minimum Gasteiger partial charge on any atom is -0.497 e. The lowest BCUT2D eigenvalue weighted by molar-refractivity contribution is 0.414. The Bertz CT molecular complexity index is 986. The molecule has 0 saturated heterocycles. The topological polar surface area (TPSA) is 9.23 Å². The van der Waals surface area contributed by atoms with Crippen molar-refractivity contribution in [2.24, 2.45) is 0 Å². The van der Waals surface area contributed by atoms with Crippen molar-refractivity contribution in [1.82, 2.24) is 0 Å². The summed E-state index contributed by atoms with van der Waals surface area (Å²) in [4.78, 5) is 0. The molecule has 0 bridgehead atoms. The average Bonchev–Trinajstić information content (AvgIpc) is 2.80. The number of hydrogen-bond acceptors (Lipinski definition) is 1. The third kappa shape index (κ3) is 3.78. The SMILES string of the molecule is COc1cc(C)c(C[P+](c2ccccc2)(c2ccccc2)c2ccccc2)c(C)c1. The van der Waals surface area contributed by atoms with Crippen LogP contribution in [0.2, 0.25) is 0 Å². The first-order valence-corrected chi connectivity index (χ1v) is 12.3. The summed E-state index contributed by atoms with van der Waals surface area (Å²) >= 11 is 0. The highest BCUT2D eigenvalue weighted by molar-refractivity contribution is 7.95. The Morgan fingerprint density at radius 1 is 0.600 bits per heavy atom. The fourth-order valence-electron chi connectivity index (χ4n) is 4.33. The predicted octanol–water partition coefficient (Wildman–Crippen LogP) is 5.81. The van der Waals surface area contributed by atoms with Gasteiger partial charge in [0.1, 0.15) is 28.9 Å². The predicted molar refractivity (Wildman–Crippen MR) is 131 cm³/mol. The molecule has 0 spiro atoms. The van der Waals surface area contributed by atoms with Gasteiger partial charge in [0.25, 0.3) is 0 Å². The van der Waals surface area contributed by atoms with Gasteiger partial charge in [0.15, 0.2) is 0 Å². The van der Waals surface area contributed by atoms with Gasteiger partial charge in [-0.15, -0.1) is 0 Å². The van der Waals surface area contributed by atoms with E-state index in [0.29, 0.717) is 0 Å². The Balaban J connectivity index is 2.01. The molecule has 4 aromatic rings. The summed E-state index contributed by atoms with van der Waals surface area (Å²) in [6, 6.07) is 37.5. The molecule has 30 heavy (non-hydrogen) atoms. The van der Waals surface area contributed by atoms with Crippen molar-refractivity contribution in [2.45, 2.75) is 20.0 Å². The average molecular weight is 412 g/mol. The zero-order valence-corrected chi connectivity index (χ0v) is 18.8.